The number of quaternary nitrogens is 1. The molecule has 0 aliphatic carbocycles. The average molecular weight is 475 g/mol. The molecular weight excluding hydrogens is 449 g/mol. The maximum absolute atomic E-state index is 13.9. The van der Waals surface area contributed by atoms with E-state index in [0.717, 1.165) is 17.1 Å². The fraction of sp³-hybridized carbons (Fsp3) is 0.375. The summed E-state index contributed by atoms with van der Waals surface area (Å²) in [6, 6.07) is 13.0. The number of para-hydroxylation sites is 4. The standard InChI is InChI=1S/C24H25F3N4O3/c1-23(22(28)33)14-7-15-31(23,18-10-5-6-11-19(18)34-24(25,26)27)21(32)13-12-20-29-16-8-3-4-9-17(16)30(20)2/h3-6,8-11H,7,12-15H2,1-2H3,(H-,28,33)/p+1/t23-,31?/m0/s1. The van der Waals surface area contributed by atoms with Crippen LogP contribution in [0.2, 0.25) is 0 Å². The van der Waals surface area contributed by atoms with Gasteiger partial charge in [-0.3, -0.25) is 4.79 Å². The van der Waals surface area contributed by atoms with Crippen molar-refractivity contribution in [2.24, 2.45) is 12.8 Å². The van der Waals surface area contributed by atoms with Gasteiger partial charge in [-0.05, 0) is 18.2 Å². The number of nitrogens with zero attached hydrogens (tertiary/aromatic N) is 3. The minimum absolute atomic E-state index is 0.0198. The van der Waals surface area contributed by atoms with E-state index in [2.05, 4.69) is 9.72 Å². The SMILES string of the molecule is Cn1c(CCC(=O)[N+]2(c3ccccc3OC(F)(F)F)CCC[C@@]2(C)C(N)=O)nc2ccccc21. The minimum Gasteiger partial charge on any atom is -0.399 e. The van der Waals surface area contributed by atoms with Gasteiger partial charge in [-0.15, -0.1) is 13.2 Å². The van der Waals surface area contributed by atoms with Crippen LogP contribution in [0.25, 0.3) is 11.0 Å². The molecule has 10 heteroatoms. The fourth-order valence-corrected chi connectivity index (χ4v) is 5.14. The maximum atomic E-state index is 13.9. The Morgan fingerprint density at radius 1 is 1.18 bits per heavy atom. The van der Waals surface area contributed by atoms with Gasteiger partial charge in [0.1, 0.15) is 5.82 Å². The molecule has 1 unspecified atom stereocenters. The molecule has 1 aliphatic heterocycles. The molecule has 7 nitrogen and oxygen atoms in total. The van der Waals surface area contributed by atoms with Crippen LogP contribution in [0.15, 0.2) is 48.5 Å². The second-order valence-corrected chi connectivity index (χ2v) is 8.76. The van der Waals surface area contributed by atoms with Crippen LogP contribution < -0.4 is 15.0 Å². The number of alkyl halides is 3. The normalized spacial score (nSPS) is 22.7. The average Bonchev–Trinajstić information content (AvgIpc) is 3.30. The highest BCUT2D eigenvalue weighted by Crippen LogP contribution is 2.48. The molecule has 180 valence electrons. The van der Waals surface area contributed by atoms with Gasteiger partial charge >= 0.3 is 12.3 Å². The second kappa shape index (κ2) is 8.43. The Balaban J connectivity index is 1.76. The van der Waals surface area contributed by atoms with E-state index in [1.807, 2.05) is 35.9 Å². The summed E-state index contributed by atoms with van der Waals surface area (Å²) in [5.74, 6) is -1.01. The van der Waals surface area contributed by atoms with Gasteiger partial charge in [0.2, 0.25) is 0 Å². The van der Waals surface area contributed by atoms with Crippen LogP contribution in [0, 0.1) is 0 Å². The van der Waals surface area contributed by atoms with E-state index in [1.165, 1.54) is 18.2 Å². The Bertz CT molecular complexity index is 1260. The number of likely N-dealkylation sites (tertiary alicyclic amines) is 1. The summed E-state index contributed by atoms with van der Waals surface area (Å²) in [4.78, 5) is 31.1. The van der Waals surface area contributed by atoms with Crippen LogP contribution in [-0.2, 0) is 23.1 Å². The molecule has 0 bridgehead atoms. The first-order chi connectivity index (χ1) is 16.0. The molecule has 1 fully saturated rings. The number of ether oxygens (including phenoxy) is 1. The van der Waals surface area contributed by atoms with Crippen LogP contribution in [0.5, 0.6) is 5.75 Å². The molecule has 0 spiro atoms. The molecule has 2 aromatic carbocycles. The third-order valence-electron chi connectivity index (χ3n) is 6.90. The number of fused-ring (bicyclic) bond motifs is 1. The van der Waals surface area contributed by atoms with Crippen molar-refractivity contribution in [2.75, 3.05) is 6.54 Å². The van der Waals surface area contributed by atoms with Crippen LogP contribution >= 0.6 is 0 Å². The van der Waals surface area contributed by atoms with Crippen molar-refractivity contribution in [2.45, 2.75) is 44.5 Å². The Labute approximate surface area is 194 Å². The molecule has 1 saturated heterocycles. The summed E-state index contributed by atoms with van der Waals surface area (Å²) in [5, 5.41) is 0. The van der Waals surface area contributed by atoms with Crippen molar-refractivity contribution >= 4 is 28.5 Å². The number of hydrogen-bond donors (Lipinski definition) is 1. The number of aromatic nitrogens is 2. The summed E-state index contributed by atoms with van der Waals surface area (Å²) in [6.45, 7) is 1.68. The Hall–Kier alpha value is -3.40. The van der Waals surface area contributed by atoms with Crippen molar-refractivity contribution in [3.63, 3.8) is 0 Å². The maximum Gasteiger partial charge on any atom is 0.573 e. The predicted octanol–water partition coefficient (Wildman–Crippen LogP) is 3.98. The lowest BCUT2D eigenvalue weighted by atomic mass is 9.93. The molecule has 2 N–H and O–H groups in total. The van der Waals surface area contributed by atoms with E-state index in [9.17, 15) is 22.8 Å². The number of carbonyl (C=O) groups excluding carboxylic acids is 2. The molecule has 0 radical (unpaired) electrons. The number of benzene rings is 2. The van der Waals surface area contributed by atoms with Gasteiger partial charge in [0.05, 0.1) is 24.0 Å². The molecule has 2 atom stereocenters. The smallest absolute Gasteiger partial charge is 0.399 e. The Morgan fingerprint density at radius 2 is 1.85 bits per heavy atom. The quantitative estimate of drug-likeness (QED) is 0.547. The molecule has 1 aliphatic rings. The summed E-state index contributed by atoms with van der Waals surface area (Å²) in [6.07, 6.45) is -4.04. The highest BCUT2D eigenvalue weighted by atomic mass is 19.4. The monoisotopic (exact) mass is 475 g/mol. The van der Waals surface area contributed by atoms with Crippen LogP contribution in [0.1, 0.15) is 32.0 Å². The third-order valence-corrected chi connectivity index (χ3v) is 6.90. The molecule has 0 saturated carbocycles. The lowest BCUT2D eigenvalue weighted by Crippen LogP contribution is -2.69. The number of imidazole rings is 1. The molecule has 3 aromatic rings. The lowest BCUT2D eigenvalue weighted by Gasteiger charge is -2.42. The number of nitrogens with two attached hydrogens (primary N) is 1. The van der Waals surface area contributed by atoms with Crippen molar-refractivity contribution in [3.8, 4) is 5.75 Å². The zero-order valence-corrected chi connectivity index (χ0v) is 18.9. The van der Waals surface area contributed by atoms with Crippen molar-refractivity contribution in [3.05, 3.63) is 54.4 Å². The first-order valence-electron chi connectivity index (χ1n) is 11.0. The van der Waals surface area contributed by atoms with Gasteiger partial charge in [0.15, 0.2) is 17.0 Å². The van der Waals surface area contributed by atoms with Gasteiger partial charge in [0.25, 0.3) is 5.91 Å². The Morgan fingerprint density at radius 3 is 2.53 bits per heavy atom. The summed E-state index contributed by atoms with van der Waals surface area (Å²) < 4.78 is 45.1. The first kappa shape index (κ1) is 23.7. The number of carbonyl (C=O) groups is 2. The van der Waals surface area contributed by atoms with Gasteiger partial charge in [-0.2, -0.15) is 0 Å². The van der Waals surface area contributed by atoms with E-state index < -0.39 is 33.9 Å². The number of primary amides is 1. The highest BCUT2D eigenvalue weighted by Gasteiger charge is 2.62. The number of hydrogen-bond acceptors (Lipinski definition) is 4. The summed E-state index contributed by atoms with van der Waals surface area (Å²) >= 11 is 0. The van der Waals surface area contributed by atoms with E-state index in [-0.39, 0.29) is 31.5 Å². The third kappa shape index (κ3) is 3.81. The van der Waals surface area contributed by atoms with E-state index in [0.29, 0.717) is 12.2 Å². The number of amides is 2. The number of halogens is 3. The second-order valence-electron chi connectivity index (χ2n) is 8.76. The van der Waals surface area contributed by atoms with Crippen molar-refractivity contribution in [1.29, 1.82) is 0 Å². The fourth-order valence-electron chi connectivity index (χ4n) is 5.14. The Kier molecular flexibility index (Phi) is 5.89. The van der Waals surface area contributed by atoms with Crippen molar-refractivity contribution < 1.29 is 27.5 Å². The van der Waals surface area contributed by atoms with E-state index in [1.54, 1.807) is 6.92 Å². The van der Waals surface area contributed by atoms with Gasteiger partial charge in [-0.1, -0.05) is 24.3 Å². The number of rotatable bonds is 6. The van der Waals surface area contributed by atoms with Crippen LogP contribution in [-0.4, -0.2) is 39.8 Å². The van der Waals surface area contributed by atoms with E-state index in [4.69, 9.17) is 5.73 Å². The molecule has 1 aromatic heterocycles. The zero-order chi connectivity index (χ0) is 24.7. The largest absolute Gasteiger partial charge is 0.573 e. The predicted molar refractivity (Wildman–Crippen MR) is 121 cm³/mol. The van der Waals surface area contributed by atoms with Crippen molar-refractivity contribution in [1.82, 2.24) is 14.0 Å². The van der Waals surface area contributed by atoms with Gasteiger partial charge < -0.3 is 15.0 Å². The highest BCUT2D eigenvalue weighted by molar-refractivity contribution is 6.00. The molecule has 34 heavy (non-hydrogen) atoms. The summed E-state index contributed by atoms with van der Waals surface area (Å²) in [5.41, 5.74) is 6.00. The summed E-state index contributed by atoms with van der Waals surface area (Å²) in [7, 11) is 1.84. The van der Waals surface area contributed by atoms with Gasteiger partial charge in [-0.25, -0.2) is 14.3 Å². The lowest BCUT2D eigenvalue weighted by molar-refractivity contribution is -0.274. The topological polar surface area (TPSA) is 87.2 Å². The number of aryl methyl sites for hydroxylation is 2. The zero-order valence-electron chi connectivity index (χ0n) is 18.9. The molecular formula is C24H26F3N4O3+. The molecule has 4 rings (SSSR count). The first-order valence-corrected chi connectivity index (χ1v) is 11.0. The van der Waals surface area contributed by atoms with Crippen LogP contribution in [0.4, 0.5) is 18.9 Å². The van der Waals surface area contributed by atoms with Crippen LogP contribution in [0.3, 0.4) is 0 Å². The molecule has 2 amide bonds. The molecule has 2 heterocycles. The van der Waals surface area contributed by atoms with E-state index >= 15 is 0 Å². The minimum atomic E-state index is -4.96. The van der Waals surface area contributed by atoms with Gasteiger partial charge in [0, 0.05) is 39.3 Å².